The van der Waals surface area contributed by atoms with Crippen LogP contribution in [-0.4, -0.2) is 67.3 Å². The number of ether oxygens (including phenoxy) is 3. The predicted octanol–water partition coefficient (Wildman–Crippen LogP) is 3.61. The number of carbonyl (C=O) groups excluding carboxylic acids is 2. The molecule has 2 saturated heterocycles. The van der Waals surface area contributed by atoms with Crippen molar-refractivity contribution in [3.8, 4) is 0 Å². The van der Waals surface area contributed by atoms with Gasteiger partial charge in [-0.25, -0.2) is 19.6 Å². The van der Waals surface area contributed by atoms with Crippen LogP contribution in [0.5, 0.6) is 0 Å². The number of hydrazine groups is 1. The van der Waals surface area contributed by atoms with Crippen LogP contribution < -0.4 is 0 Å². The number of rotatable bonds is 2. The van der Waals surface area contributed by atoms with Gasteiger partial charge in [0.1, 0.15) is 37.5 Å². The van der Waals surface area contributed by atoms with Crippen LogP contribution in [0.15, 0.2) is 12.2 Å². The monoisotopic (exact) mass is 472 g/mol. The minimum atomic E-state index is -1.79. The summed E-state index contributed by atoms with van der Waals surface area (Å²) in [4.78, 5) is 24.9. The van der Waals surface area contributed by atoms with Gasteiger partial charge in [0.2, 0.25) is 7.59 Å². The Bertz CT molecular complexity index is 556. The lowest BCUT2D eigenvalue weighted by atomic mass is 9.94. The first-order chi connectivity index (χ1) is 11.5. The SMILES string of the molecule is O=C(OCC(Cl)(Cl)Cl)N1[C@@H]2C=C[C@@H]([C@H]3O[C@@H]32)N1C(=O)OCC(Cl)(Cl)Cl. The molecule has 2 bridgehead atoms. The molecule has 140 valence electrons. The summed E-state index contributed by atoms with van der Waals surface area (Å²) in [7, 11) is 0. The first-order valence-electron chi connectivity index (χ1n) is 6.87. The Hall–Kier alpha value is -0.0200. The molecule has 0 aromatic heterocycles. The molecule has 3 aliphatic heterocycles. The lowest BCUT2D eigenvalue weighted by molar-refractivity contribution is -0.0681. The van der Waals surface area contributed by atoms with Crippen molar-refractivity contribution in [3.63, 3.8) is 0 Å². The van der Waals surface area contributed by atoms with E-state index in [1.54, 1.807) is 12.2 Å². The van der Waals surface area contributed by atoms with Crippen LogP contribution in [0.4, 0.5) is 9.59 Å². The largest absolute Gasteiger partial charge is 0.444 e. The van der Waals surface area contributed by atoms with E-state index in [4.69, 9.17) is 83.8 Å². The van der Waals surface area contributed by atoms with Gasteiger partial charge in [0, 0.05) is 0 Å². The standard InChI is InChI=1S/C12H10Cl6N2O5/c13-11(14,15)3-23-9(21)19-5-1-2-6(8-7(5)25-8)20(19)10(22)24-4-12(16,17)18/h1-2,5-8H,3-4H2/t5-,6+,7-,8-/m1/s1. The van der Waals surface area contributed by atoms with Crippen molar-refractivity contribution in [3.05, 3.63) is 12.2 Å². The lowest BCUT2D eigenvalue weighted by Crippen LogP contribution is -2.66. The highest BCUT2D eigenvalue weighted by Crippen LogP contribution is 2.45. The molecule has 4 rings (SSSR count). The molecule has 1 aliphatic carbocycles. The summed E-state index contributed by atoms with van der Waals surface area (Å²) in [6.45, 7) is -1.000. The van der Waals surface area contributed by atoms with Gasteiger partial charge in [0.25, 0.3) is 0 Å². The van der Waals surface area contributed by atoms with E-state index in [0.29, 0.717) is 0 Å². The third kappa shape index (κ3) is 4.46. The molecule has 13 heteroatoms. The molecular formula is C12H10Cl6N2O5. The molecule has 3 heterocycles. The zero-order chi connectivity index (χ0) is 18.6. The lowest BCUT2D eigenvalue weighted by Gasteiger charge is -2.46. The molecule has 0 unspecified atom stereocenters. The fraction of sp³-hybridized carbons (Fsp3) is 0.667. The minimum absolute atomic E-state index is 0.243. The number of fused-ring (bicyclic) bond motifs is 1. The normalized spacial score (nSPS) is 30.2. The number of nitrogens with zero attached hydrogens (tertiary/aromatic N) is 2. The maximum Gasteiger partial charge on any atom is 0.429 e. The molecule has 0 spiro atoms. The molecule has 0 aromatic carbocycles. The van der Waals surface area contributed by atoms with Gasteiger partial charge in [-0.2, -0.15) is 0 Å². The van der Waals surface area contributed by atoms with Crippen LogP contribution in [-0.2, 0) is 14.2 Å². The summed E-state index contributed by atoms with van der Waals surface area (Å²) in [5.74, 6) is 0. The maximum absolute atomic E-state index is 12.4. The second-order valence-corrected chi connectivity index (χ2v) is 10.5. The van der Waals surface area contributed by atoms with Crippen molar-refractivity contribution in [1.29, 1.82) is 0 Å². The molecule has 0 aromatic rings. The van der Waals surface area contributed by atoms with Gasteiger partial charge < -0.3 is 14.2 Å². The minimum Gasteiger partial charge on any atom is -0.444 e. The van der Waals surface area contributed by atoms with Crippen LogP contribution in [0.2, 0.25) is 0 Å². The Morgan fingerprint density at radius 2 is 1.20 bits per heavy atom. The molecule has 2 amide bonds. The zero-order valence-electron chi connectivity index (χ0n) is 12.1. The van der Waals surface area contributed by atoms with Gasteiger partial charge in [-0.05, 0) is 0 Å². The average molecular weight is 475 g/mol. The number of hydrogen-bond donors (Lipinski definition) is 0. The number of amides is 2. The van der Waals surface area contributed by atoms with E-state index in [1.807, 2.05) is 0 Å². The summed E-state index contributed by atoms with van der Waals surface area (Å²) in [6, 6.07) is -1.11. The summed E-state index contributed by atoms with van der Waals surface area (Å²) in [5, 5.41) is 2.10. The smallest absolute Gasteiger partial charge is 0.429 e. The summed E-state index contributed by atoms with van der Waals surface area (Å²) in [6.07, 6.45) is 1.18. The van der Waals surface area contributed by atoms with E-state index in [2.05, 4.69) is 0 Å². The fourth-order valence-corrected chi connectivity index (χ4v) is 3.03. The Balaban J connectivity index is 1.75. The van der Waals surface area contributed by atoms with Crippen molar-refractivity contribution in [2.45, 2.75) is 31.9 Å². The predicted molar refractivity (Wildman–Crippen MR) is 92.3 cm³/mol. The van der Waals surface area contributed by atoms with Gasteiger partial charge in [0.15, 0.2) is 0 Å². The Labute approximate surface area is 172 Å². The van der Waals surface area contributed by atoms with Crippen molar-refractivity contribution in [1.82, 2.24) is 10.0 Å². The van der Waals surface area contributed by atoms with Gasteiger partial charge in [-0.15, -0.1) is 0 Å². The summed E-state index contributed by atoms with van der Waals surface area (Å²) < 4.78 is 11.8. The van der Waals surface area contributed by atoms with Crippen molar-refractivity contribution in [2.75, 3.05) is 13.2 Å². The Morgan fingerprint density at radius 3 is 1.52 bits per heavy atom. The zero-order valence-corrected chi connectivity index (χ0v) is 16.6. The van der Waals surface area contributed by atoms with Crippen molar-refractivity contribution >= 4 is 81.8 Å². The molecular weight excluding hydrogens is 465 g/mol. The van der Waals surface area contributed by atoms with Crippen LogP contribution >= 0.6 is 69.6 Å². The van der Waals surface area contributed by atoms with E-state index < -0.39 is 45.1 Å². The van der Waals surface area contributed by atoms with E-state index in [0.717, 1.165) is 10.0 Å². The van der Waals surface area contributed by atoms with E-state index in [1.165, 1.54) is 0 Å². The first-order valence-corrected chi connectivity index (χ1v) is 9.14. The molecule has 0 radical (unpaired) electrons. The number of epoxide rings is 1. The molecule has 2 fully saturated rings. The second kappa shape index (κ2) is 6.86. The van der Waals surface area contributed by atoms with Gasteiger partial charge >= 0.3 is 12.2 Å². The van der Waals surface area contributed by atoms with Crippen LogP contribution in [0.1, 0.15) is 0 Å². The van der Waals surface area contributed by atoms with E-state index in [-0.39, 0.29) is 12.2 Å². The summed E-state index contributed by atoms with van der Waals surface area (Å²) >= 11 is 33.5. The topological polar surface area (TPSA) is 71.6 Å². The third-order valence-corrected chi connectivity index (χ3v) is 4.28. The van der Waals surface area contributed by atoms with Crippen LogP contribution in [0.3, 0.4) is 0 Å². The third-order valence-electron chi connectivity index (χ3n) is 3.63. The quantitative estimate of drug-likeness (QED) is 0.347. The number of halogens is 6. The number of carbonyl (C=O) groups is 2. The number of hydrogen-bond acceptors (Lipinski definition) is 5. The van der Waals surface area contributed by atoms with Gasteiger partial charge in [-0.1, -0.05) is 81.8 Å². The molecule has 25 heavy (non-hydrogen) atoms. The molecule has 0 N–H and O–H groups in total. The Morgan fingerprint density at radius 1 is 0.840 bits per heavy atom. The Kier molecular flexibility index (Phi) is 5.41. The fourth-order valence-electron chi connectivity index (χ4n) is 2.70. The molecule has 7 nitrogen and oxygen atoms in total. The maximum atomic E-state index is 12.4. The highest BCUT2D eigenvalue weighted by Gasteiger charge is 2.63. The highest BCUT2D eigenvalue weighted by molar-refractivity contribution is 6.68. The average Bonchev–Trinajstić information content (AvgIpc) is 3.30. The summed E-state index contributed by atoms with van der Waals surface area (Å²) in [5.41, 5.74) is 0. The molecule has 4 aliphatic rings. The van der Waals surface area contributed by atoms with E-state index >= 15 is 0 Å². The van der Waals surface area contributed by atoms with E-state index in [9.17, 15) is 9.59 Å². The second-order valence-electron chi connectivity index (χ2n) is 5.46. The van der Waals surface area contributed by atoms with Gasteiger partial charge in [-0.3, -0.25) is 0 Å². The molecule has 0 saturated carbocycles. The number of alkyl halides is 6. The van der Waals surface area contributed by atoms with Gasteiger partial charge in [0.05, 0.1) is 0 Å². The first kappa shape index (κ1) is 19.7. The molecule has 4 atom stereocenters. The van der Waals surface area contributed by atoms with Crippen molar-refractivity contribution < 1.29 is 23.8 Å². The van der Waals surface area contributed by atoms with Crippen LogP contribution in [0.25, 0.3) is 0 Å². The highest BCUT2D eigenvalue weighted by atomic mass is 35.6. The van der Waals surface area contributed by atoms with Crippen LogP contribution in [0, 0.1) is 0 Å². The van der Waals surface area contributed by atoms with Crippen molar-refractivity contribution in [2.24, 2.45) is 0 Å².